The Kier molecular flexibility index (Phi) is 7.78. The monoisotopic (exact) mass is 489 g/mol. The second-order valence-electron chi connectivity index (χ2n) is 10.2. The van der Waals surface area contributed by atoms with Crippen LogP contribution in [0.2, 0.25) is 0 Å². The van der Waals surface area contributed by atoms with Crippen molar-refractivity contribution in [2.45, 2.75) is 32.6 Å². The number of rotatable bonds is 7. The van der Waals surface area contributed by atoms with Gasteiger partial charge in [0.1, 0.15) is 17.8 Å². The van der Waals surface area contributed by atoms with Crippen LogP contribution in [0.3, 0.4) is 0 Å². The van der Waals surface area contributed by atoms with Crippen LogP contribution in [-0.2, 0) is 4.74 Å². The van der Waals surface area contributed by atoms with E-state index in [4.69, 9.17) is 4.74 Å². The summed E-state index contributed by atoms with van der Waals surface area (Å²) in [4.78, 5) is 13.8. The Labute approximate surface area is 213 Å². The third-order valence-electron chi connectivity index (χ3n) is 7.34. The lowest BCUT2D eigenvalue weighted by Gasteiger charge is -2.38. The van der Waals surface area contributed by atoms with Crippen LogP contribution in [0.15, 0.2) is 55.0 Å². The minimum absolute atomic E-state index is 0.251. The van der Waals surface area contributed by atoms with Crippen molar-refractivity contribution in [2.24, 2.45) is 5.92 Å². The first-order chi connectivity index (χ1) is 17.6. The zero-order valence-electron chi connectivity index (χ0n) is 21.3. The normalized spacial score (nSPS) is 17.5. The first-order valence-corrected chi connectivity index (χ1v) is 13.1. The van der Waals surface area contributed by atoms with Crippen molar-refractivity contribution in [3.63, 3.8) is 0 Å². The molecule has 3 aromatic rings. The van der Waals surface area contributed by atoms with E-state index in [0.29, 0.717) is 5.92 Å². The first-order valence-electron chi connectivity index (χ1n) is 13.1. The molecule has 2 aromatic carbocycles. The fourth-order valence-corrected chi connectivity index (χ4v) is 5.34. The van der Waals surface area contributed by atoms with Crippen LogP contribution in [-0.4, -0.2) is 60.8 Å². The van der Waals surface area contributed by atoms with Gasteiger partial charge in [0.15, 0.2) is 5.82 Å². The van der Waals surface area contributed by atoms with Gasteiger partial charge < -0.3 is 15.0 Å². The SMILES string of the molecule is CC(C)c1ccccc1-c1cc(F)ccc1Nc1cncnc1N1CCN(CC2CCOCC2)CC1. The molecule has 0 aliphatic carbocycles. The van der Waals surface area contributed by atoms with Gasteiger partial charge in [0.25, 0.3) is 0 Å². The highest BCUT2D eigenvalue weighted by Gasteiger charge is 2.24. The predicted molar refractivity (Wildman–Crippen MR) is 143 cm³/mol. The number of nitrogens with zero attached hydrogens (tertiary/aromatic N) is 4. The van der Waals surface area contributed by atoms with E-state index in [1.165, 1.54) is 24.5 Å². The molecule has 0 unspecified atom stereocenters. The average molecular weight is 490 g/mol. The molecule has 2 fully saturated rings. The summed E-state index contributed by atoms with van der Waals surface area (Å²) in [6, 6.07) is 13.2. The number of nitrogens with one attached hydrogen (secondary N) is 1. The molecular formula is C29H36FN5O. The molecule has 0 atom stereocenters. The average Bonchev–Trinajstić information content (AvgIpc) is 2.91. The van der Waals surface area contributed by atoms with Crippen LogP contribution in [0.1, 0.15) is 38.2 Å². The number of piperazine rings is 1. The summed E-state index contributed by atoms with van der Waals surface area (Å²) in [6.07, 6.45) is 5.76. The van der Waals surface area contributed by atoms with Gasteiger partial charge in [0.05, 0.1) is 6.20 Å². The Hall–Kier alpha value is -3.03. The van der Waals surface area contributed by atoms with Gasteiger partial charge in [-0.05, 0) is 54.0 Å². The Morgan fingerprint density at radius 1 is 1.00 bits per heavy atom. The molecule has 0 saturated carbocycles. The van der Waals surface area contributed by atoms with Crippen molar-refractivity contribution in [1.29, 1.82) is 0 Å². The van der Waals surface area contributed by atoms with Crippen LogP contribution >= 0.6 is 0 Å². The predicted octanol–water partition coefficient (Wildman–Crippen LogP) is 5.70. The summed E-state index contributed by atoms with van der Waals surface area (Å²) in [5, 5.41) is 3.55. The van der Waals surface area contributed by atoms with Crippen LogP contribution < -0.4 is 10.2 Å². The molecule has 1 N–H and O–H groups in total. The third kappa shape index (κ3) is 5.68. The zero-order chi connectivity index (χ0) is 24.9. The van der Waals surface area contributed by atoms with Crippen LogP contribution in [0.4, 0.5) is 21.6 Å². The number of aromatic nitrogens is 2. The Bertz CT molecular complexity index is 1160. The molecule has 7 heteroatoms. The zero-order valence-corrected chi connectivity index (χ0v) is 21.3. The lowest BCUT2D eigenvalue weighted by molar-refractivity contribution is 0.0517. The fourth-order valence-electron chi connectivity index (χ4n) is 5.34. The molecule has 6 nitrogen and oxygen atoms in total. The molecule has 2 aliphatic heterocycles. The van der Waals surface area contributed by atoms with Crippen molar-refractivity contribution >= 4 is 17.2 Å². The van der Waals surface area contributed by atoms with Gasteiger partial charge in [-0.1, -0.05) is 38.1 Å². The van der Waals surface area contributed by atoms with Gasteiger partial charge in [-0.25, -0.2) is 14.4 Å². The van der Waals surface area contributed by atoms with E-state index in [0.717, 1.165) is 80.2 Å². The maximum atomic E-state index is 14.4. The first kappa shape index (κ1) is 24.7. The van der Waals surface area contributed by atoms with Gasteiger partial charge in [-0.15, -0.1) is 0 Å². The van der Waals surface area contributed by atoms with Gasteiger partial charge in [-0.3, -0.25) is 4.90 Å². The number of hydrogen-bond donors (Lipinski definition) is 1. The Morgan fingerprint density at radius 3 is 2.56 bits per heavy atom. The number of ether oxygens (including phenoxy) is 1. The number of hydrogen-bond acceptors (Lipinski definition) is 6. The summed E-state index contributed by atoms with van der Waals surface area (Å²) in [5.41, 5.74) is 4.75. The highest BCUT2D eigenvalue weighted by atomic mass is 19.1. The minimum Gasteiger partial charge on any atom is -0.381 e. The highest BCUT2D eigenvalue weighted by Crippen LogP contribution is 2.37. The van der Waals surface area contributed by atoms with E-state index in [2.05, 4.69) is 51.1 Å². The number of anilines is 3. The molecule has 0 bridgehead atoms. The molecule has 1 aromatic heterocycles. The van der Waals surface area contributed by atoms with Crippen molar-refractivity contribution in [3.8, 4) is 11.1 Å². The van der Waals surface area contributed by atoms with E-state index in [1.54, 1.807) is 12.4 Å². The summed E-state index contributed by atoms with van der Waals surface area (Å²) in [6.45, 7) is 11.1. The van der Waals surface area contributed by atoms with E-state index in [9.17, 15) is 4.39 Å². The van der Waals surface area contributed by atoms with Gasteiger partial charge in [0, 0.05) is 57.2 Å². The van der Waals surface area contributed by atoms with E-state index >= 15 is 0 Å². The lowest BCUT2D eigenvalue weighted by Crippen LogP contribution is -2.48. The van der Waals surface area contributed by atoms with Gasteiger partial charge >= 0.3 is 0 Å². The second-order valence-corrected chi connectivity index (χ2v) is 10.2. The smallest absolute Gasteiger partial charge is 0.155 e. The molecule has 36 heavy (non-hydrogen) atoms. The molecular weight excluding hydrogens is 453 g/mol. The minimum atomic E-state index is -0.251. The van der Waals surface area contributed by atoms with E-state index in [-0.39, 0.29) is 5.82 Å². The highest BCUT2D eigenvalue weighted by molar-refractivity contribution is 5.85. The van der Waals surface area contributed by atoms with Gasteiger partial charge in [-0.2, -0.15) is 0 Å². The molecule has 5 rings (SSSR count). The Morgan fingerprint density at radius 2 is 1.78 bits per heavy atom. The van der Waals surface area contributed by atoms with Crippen LogP contribution in [0.25, 0.3) is 11.1 Å². The molecule has 0 amide bonds. The third-order valence-corrected chi connectivity index (χ3v) is 7.34. The summed E-state index contributed by atoms with van der Waals surface area (Å²) in [5.74, 6) is 1.71. The van der Waals surface area contributed by atoms with E-state index < -0.39 is 0 Å². The van der Waals surface area contributed by atoms with Crippen molar-refractivity contribution < 1.29 is 9.13 Å². The fraction of sp³-hybridized carbons (Fsp3) is 0.448. The molecule has 2 saturated heterocycles. The Balaban J connectivity index is 1.35. The summed E-state index contributed by atoms with van der Waals surface area (Å²) in [7, 11) is 0. The van der Waals surface area contributed by atoms with Crippen LogP contribution in [0.5, 0.6) is 0 Å². The molecule has 2 aliphatic rings. The number of benzene rings is 2. The van der Waals surface area contributed by atoms with Crippen LogP contribution in [0, 0.1) is 11.7 Å². The summed E-state index contributed by atoms with van der Waals surface area (Å²) >= 11 is 0. The maximum Gasteiger partial charge on any atom is 0.155 e. The summed E-state index contributed by atoms with van der Waals surface area (Å²) < 4.78 is 19.9. The van der Waals surface area contributed by atoms with Crippen molar-refractivity contribution in [1.82, 2.24) is 14.9 Å². The number of halogens is 1. The lowest BCUT2D eigenvalue weighted by atomic mass is 9.91. The second kappa shape index (κ2) is 11.4. The van der Waals surface area contributed by atoms with E-state index in [1.807, 2.05) is 24.4 Å². The topological polar surface area (TPSA) is 53.5 Å². The van der Waals surface area contributed by atoms with Gasteiger partial charge in [0.2, 0.25) is 0 Å². The molecule has 0 radical (unpaired) electrons. The van der Waals surface area contributed by atoms with Crippen molar-refractivity contribution in [2.75, 3.05) is 56.2 Å². The quantitative estimate of drug-likeness (QED) is 0.460. The molecule has 0 spiro atoms. The largest absolute Gasteiger partial charge is 0.381 e. The molecule has 3 heterocycles. The standard InChI is InChI=1S/C29H36FN5O/c1-21(2)24-5-3-4-6-25(24)26-17-23(30)7-8-27(26)33-28-18-31-20-32-29(28)35-13-11-34(12-14-35)19-22-9-15-36-16-10-22/h3-8,17-18,20-22,33H,9-16,19H2,1-2H3. The van der Waals surface area contributed by atoms with Crippen molar-refractivity contribution in [3.05, 3.63) is 66.4 Å². The molecule has 190 valence electrons. The maximum absolute atomic E-state index is 14.4.